The molecule has 0 saturated carbocycles. The Kier molecular flexibility index (Phi) is 3.28. The molecule has 0 saturated heterocycles. The maximum absolute atomic E-state index is 11.2. The summed E-state index contributed by atoms with van der Waals surface area (Å²) in [7, 11) is 0. The van der Waals surface area contributed by atoms with E-state index in [1.165, 1.54) is 24.3 Å². The number of nitro benzene ring substituents is 1. The summed E-state index contributed by atoms with van der Waals surface area (Å²) >= 11 is 0. The Morgan fingerprint density at radius 3 is 2.56 bits per heavy atom. The minimum absolute atomic E-state index is 0.0276. The molecular weight excluding hydrogens is 246 g/mol. The normalized spacial score (nSPS) is 13.0. The molecule has 94 valence electrons. The molecule has 2 rings (SSSR count). The van der Waals surface area contributed by atoms with E-state index in [1.54, 1.807) is 0 Å². The number of hydrogen-bond donors (Lipinski definition) is 0. The van der Waals surface area contributed by atoms with Crippen LogP contribution in [-0.4, -0.2) is 17.9 Å². The smallest absolute Gasteiger partial charge is 0.458 e. The molecule has 8 nitrogen and oxygen atoms in total. The summed E-state index contributed by atoms with van der Waals surface area (Å²) in [6, 6.07) is 4.97. The van der Waals surface area contributed by atoms with E-state index >= 15 is 0 Å². The third-order valence-corrected chi connectivity index (χ3v) is 1.88. The molecule has 1 aliphatic heterocycles. The number of ether oxygens (including phenoxy) is 4. The van der Waals surface area contributed by atoms with Crippen LogP contribution in [0.2, 0.25) is 0 Å². The fraction of sp³-hybridized carbons (Fsp3) is 0.100. The molecule has 0 aliphatic carbocycles. The molecule has 0 spiro atoms. The number of rotatable bonds is 3. The second kappa shape index (κ2) is 5.04. The minimum Gasteiger partial charge on any atom is -0.458 e. The summed E-state index contributed by atoms with van der Waals surface area (Å²) in [6.07, 6.45) is 0.0949. The van der Waals surface area contributed by atoms with Gasteiger partial charge in [-0.15, -0.1) is 0 Å². The predicted octanol–water partition coefficient (Wildman–Crippen LogP) is 1.91. The topological polar surface area (TPSA) is 97.1 Å². The predicted molar refractivity (Wildman–Crippen MR) is 55.3 cm³/mol. The molecular formula is C10H7NO7. The Morgan fingerprint density at radius 2 is 2.00 bits per heavy atom. The van der Waals surface area contributed by atoms with Gasteiger partial charge in [0.15, 0.2) is 6.26 Å². The van der Waals surface area contributed by atoms with E-state index in [4.69, 9.17) is 9.47 Å². The van der Waals surface area contributed by atoms with Gasteiger partial charge >= 0.3 is 12.1 Å². The molecule has 0 radical (unpaired) electrons. The van der Waals surface area contributed by atoms with Crippen LogP contribution in [0.5, 0.6) is 5.75 Å². The molecule has 8 heteroatoms. The number of nitrogens with zero attached hydrogens (tertiary/aromatic N) is 1. The van der Waals surface area contributed by atoms with E-state index in [1.807, 2.05) is 0 Å². The van der Waals surface area contributed by atoms with E-state index in [2.05, 4.69) is 9.47 Å². The highest BCUT2D eigenvalue weighted by atomic mass is 16.8. The largest absolute Gasteiger partial charge is 0.521 e. The molecule has 0 N–H and O–H groups in total. The van der Waals surface area contributed by atoms with Gasteiger partial charge in [0.2, 0.25) is 6.79 Å². The van der Waals surface area contributed by atoms with Crippen LogP contribution in [-0.2, 0) is 14.2 Å². The average molecular weight is 253 g/mol. The van der Waals surface area contributed by atoms with Crippen molar-refractivity contribution >= 4 is 11.8 Å². The Hall–Kier alpha value is -2.77. The Morgan fingerprint density at radius 1 is 1.28 bits per heavy atom. The van der Waals surface area contributed by atoms with Crippen LogP contribution in [0.4, 0.5) is 10.5 Å². The van der Waals surface area contributed by atoms with Gasteiger partial charge in [-0.2, -0.15) is 0 Å². The highest BCUT2D eigenvalue weighted by Gasteiger charge is 2.15. The lowest BCUT2D eigenvalue weighted by Crippen LogP contribution is -2.10. The van der Waals surface area contributed by atoms with Crippen LogP contribution in [0.3, 0.4) is 0 Å². The summed E-state index contributed by atoms with van der Waals surface area (Å²) in [6.45, 7) is -0.0276. The first-order valence-corrected chi connectivity index (χ1v) is 4.74. The van der Waals surface area contributed by atoms with E-state index in [0.29, 0.717) is 0 Å². The fourth-order valence-electron chi connectivity index (χ4n) is 1.12. The maximum atomic E-state index is 11.2. The first kappa shape index (κ1) is 11.7. The van der Waals surface area contributed by atoms with Gasteiger partial charge in [0.05, 0.1) is 4.92 Å². The van der Waals surface area contributed by atoms with Gasteiger partial charge < -0.3 is 18.9 Å². The molecule has 1 aromatic rings. The van der Waals surface area contributed by atoms with Gasteiger partial charge in [0.1, 0.15) is 5.75 Å². The van der Waals surface area contributed by atoms with Crippen LogP contribution < -0.4 is 4.74 Å². The van der Waals surface area contributed by atoms with Crippen LogP contribution in [0.1, 0.15) is 0 Å². The third-order valence-electron chi connectivity index (χ3n) is 1.88. The molecule has 18 heavy (non-hydrogen) atoms. The zero-order valence-corrected chi connectivity index (χ0v) is 8.90. The second-order valence-electron chi connectivity index (χ2n) is 3.07. The van der Waals surface area contributed by atoms with Gasteiger partial charge in [-0.1, -0.05) is 0 Å². The molecule has 0 aromatic heterocycles. The van der Waals surface area contributed by atoms with Crippen molar-refractivity contribution < 1.29 is 28.7 Å². The van der Waals surface area contributed by atoms with Crippen LogP contribution in [0, 0.1) is 10.1 Å². The lowest BCUT2D eigenvalue weighted by atomic mass is 10.3. The van der Waals surface area contributed by atoms with Crippen molar-refractivity contribution in [2.24, 2.45) is 0 Å². The highest BCUT2D eigenvalue weighted by Crippen LogP contribution is 2.18. The lowest BCUT2D eigenvalue weighted by Gasteiger charge is -2.04. The summed E-state index contributed by atoms with van der Waals surface area (Å²) in [4.78, 5) is 21.1. The molecule has 1 aromatic carbocycles. The maximum Gasteiger partial charge on any atom is 0.521 e. The molecule has 0 fully saturated rings. The first-order valence-electron chi connectivity index (χ1n) is 4.74. The van der Waals surface area contributed by atoms with Gasteiger partial charge in [-0.25, -0.2) is 4.79 Å². The monoisotopic (exact) mass is 253 g/mol. The molecule has 0 bridgehead atoms. The van der Waals surface area contributed by atoms with E-state index in [-0.39, 0.29) is 24.2 Å². The van der Waals surface area contributed by atoms with E-state index < -0.39 is 11.1 Å². The first-order chi connectivity index (χ1) is 8.65. The molecule has 1 heterocycles. The van der Waals surface area contributed by atoms with E-state index in [9.17, 15) is 14.9 Å². The number of nitro groups is 1. The number of carbonyl (C=O) groups excluding carboxylic acids is 1. The Balaban J connectivity index is 1.92. The van der Waals surface area contributed by atoms with Crippen molar-refractivity contribution in [3.63, 3.8) is 0 Å². The molecule has 0 atom stereocenters. The van der Waals surface area contributed by atoms with Crippen molar-refractivity contribution in [2.75, 3.05) is 6.79 Å². The SMILES string of the molecule is O=C(OC1=COCO1)Oc1ccc([N+](=O)[O-])cc1. The van der Waals surface area contributed by atoms with Crippen molar-refractivity contribution in [3.8, 4) is 5.75 Å². The molecule has 0 amide bonds. The number of non-ortho nitro benzene ring substituents is 1. The van der Waals surface area contributed by atoms with Crippen molar-refractivity contribution in [1.82, 2.24) is 0 Å². The summed E-state index contributed by atoms with van der Waals surface area (Å²) in [5, 5.41) is 10.4. The van der Waals surface area contributed by atoms with Crippen molar-refractivity contribution in [3.05, 3.63) is 46.6 Å². The summed E-state index contributed by atoms with van der Waals surface area (Å²) in [5.41, 5.74) is -0.106. The van der Waals surface area contributed by atoms with Gasteiger partial charge in [0, 0.05) is 12.1 Å². The van der Waals surface area contributed by atoms with Crippen LogP contribution in [0.25, 0.3) is 0 Å². The number of carbonyl (C=O) groups is 1. The summed E-state index contributed by atoms with van der Waals surface area (Å²) in [5.74, 6) is 0.00651. The lowest BCUT2D eigenvalue weighted by molar-refractivity contribution is -0.384. The zero-order valence-electron chi connectivity index (χ0n) is 8.90. The second-order valence-corrected chi connectivity index (χ2v) is 3.07. The minimum atomic E-state index is -1.03. The standard InChI is InChI=1S/C10H7NO7/c12-10(18-9-5-15-6-16-9)17-8-3-1-7(2-4-8)11(13)14/h1-5H,6H2. The third kappa shape index (κ3) is 2.88. The Bertz CT molecular complexity index is 493. The number of benzene rings is 1. The number of hydrogen-bond acceptors (Lipinski definition) is 7. The average Bonchev–Trinajstić information content (AvgIpc) is 2.82. The Labute approximate surface area is 100 Å². The quantitative estimate of drug-likeness (QED) is 0.351. The van der Waals surface area contributed by atoms with Crippen molar-refractivity contribution in [1.29, 1.82) is 0 Å². The van der Waals surface area contributed by atoms with Crippen molar-refractivity contribution in [2.45, 2.75) is 0 Å². The fourth-order valence-corrected chi connectivity index (χ4v) is 1.12. The van der Waals surface area contributed by atoms with Gasteiger partial charge in [-0.3, -0.25) is 10.1 Å². The zero-order chi connectivity index (χ0) is 13.0. The highest BCUT2D eigenvalue weighted by molar-refractivity contribution is 5.65. The van der Waals surface area contributed by atoms with Crippen LogP contribution in [0.15, 0.2) is 36.5 Å². The van der Waals surface area contributed by atoms with E-state index in [0.717, 1.165) is 6.26 Å². The molecule has 0 unspecified atom stereocenters. The molecule has 1 aliphatic rings. The van der Waals surface area contributed by atoms with Gasteiger partial charge in [0.25, 0.3) is 5.69 Å². The van der Waals surface area contributed by atoms with Gasteiger partial charge in [-0.05, 0) is 12.1 Å². The summed E-state index contributed by atoms with van der Waals surface area (Å²) < 4.78 is 18.8. The van der Waals surface area contributed by atoms with Crippen LogP contribution >= 0.6 is 0 Å².